The van der Waals surface area contributed by atoms with Gasteiger partial charge in [-0.15, -0.1) is 0 Å². The maximum absolute atomic E-state index is 11.2. The SMILES string of the molecule is CNCCN(C)c1ccc(S(N)(=O)=O)cc1C(=O)O. The summed E-state index contributed by atoms with van der Waals surface area (Å²) in [7, 11) is -0.393. The maximum atomic E-state index is 11.2. The minimum absolute atomic E-state index is 0.0925. The van der Waals surface area contributed by atoms with Gasteiger partial charge in [-0.25, -0.2) is 18.4 Å². The molecule has 0 heterocycles. The molecule has 0 aliphatic carbocycles. The van der Waals surface area contributed by atoms with Gasteiger partial charge in [0.05, 0.1) is 16.1 Å². The molecular formula is C11H17N3O4S. The van der Waals surface area contributed by atoms with E-state index in [2.05, 4.69) is 5.32 Å². The molecule has 0 aliphatic rings. The van der Waals surface area contributed by atoms with Crippen molar-refractivity contribution in [1.29, 1.82) is 0 Å². The van der Waals surface area contributed by atoms with Crippen LogP contribution in [0.1, 0.15) is 10.4 Å². The van der Waals surface area contributed by atoms with Crippen LogP contribution in [0.25, 0.3) is 0 Å². The first-order valence-electron chi connectivity index (χ1n) is 5.53. The number of nitrogens with zero attached hydrogens (tertiary/aromatic N) is 1. The first-order chi connectivity index (χ1) is 8.77. The number of carboxylic acids is 1. The van der Waals surface area contributed by atoms with Gasteiger partial charge < -0.3 is 15.3 Å². The largest absolute Gasteiger partial charge is 0.478 e. The number of hydrogen-bond donors (Lipinski definition) is 3. The first-order valence-corrected chi connectivity index (χ1v) is 7.08. The van der Waals surface area contributed by atoms with Gasteiger partial charge >= 0.3 is 5.97 Å². The molecule has 1 aromatic rings. The Morgan fingerprint density at radius 3 is 2.58 bits per heavy atom. The van der Waals surface area contributed by atoms with Gasteiger partial charge in [0, 0.05) is 20.1 Å². The molecule has 0 spiro atoms. The molecule has 0 aliphatic heterocycles. The summed E-state index contributed by atoms with van der Waals surface area (Å²) in [6.07, 6.45) is 0. The van der Waals surface area contributed by atoms with Crippen LogP contribution in [0.2, 0.25) is 0 Å². The van der Waals surface area contributed by atoms with Crippen LogP contribution >= 0.6 is 0 Å². The smallest absolute Gasteiger partial charge is 0.337 e. The van der Waals surface area contributed by atoms with Crippen molar-refractivity contribution in [1.82, 2.24) is 5.32 Å². The maximum Gasteiger partial charge on any atom is 0.337 e. The summed E-state index contributed by atoms with van der Waals surface area (Å²) in [5, 5.41) is 17.1. The number of likely N-dealkylation sites (N-methyl/N-ethyl adjacent to an activating group) is 2. The van der Waals surface area contributed by atoms with Gasteiger partial charge in [-0.3, -0.25) is 0 Å². The lowest BCUT2D eigenvalue weighted by atomic mass is 10.1. The number of hydrogen-bond acceptors (Lipinski definition) is 5. The Labute approximate surface area is 112 Å². The normalized spacial score (nSPS) is 11.3. The lowest BCUT2D eigenvalue weighted by molar-refractivity contribution is 0.0697. The standard InChI is InChI=1S/C11H17N3O4S/c1-13-5-6-14(2)10-4-3-8(19(12,17)18)7-9(10)11(15)16/h3-4,7,13H,5-6H2,1-2H3,(H,15,16)(H2,12,17,18). The highest BCUT2D eigenvalue weighted by Gasteiger charge is 2.17. The monoisotopic (exact) mass is 287 g/mol. The van der Waals surface area contributed by atoms with Crippen molar-refractivity contribution in [3.63, 3.8) is 0 Å². The zero-order chi connectivity index (χ0) is 14.6. The van der Waals surface area contributed by atoms with Crippen molar-refractivity contribution in [2.24, 2.45) is 5.14 Å². The van der Waals surface area contributed by atoms with E-state index in [0.29, 0.717) is 18.8 Å². The van der Waals surface area contributed by atoms with Crippen LogP contribution in [0.15, 0.2) is 23.1 Å². The van der Waals surface area contributed by atoms with Crippen molar-refractivity contribution in [3.8, 4) is 0 Å². The summed E-state index contributed by atoms with van der Waals surface area (Å²) < 4.78 is 22.4. The molecule has 19 heavy (non-hydrogen) atoms. The number of primary sulfonamides is 1. The fourth-order valence-electron chi connectivity index (χ4n) is 1.60. The van der Waals surface area contributed by atoms with Crippen molar-refractivity contribution < 1.29 is 18.3 Å². The number of aromatic carboxylic acids is 1. The van der Waals surface area contributed by atoms with Gasteiger partial charge in [0.15, 0.2) is 0 Å². The average Bonchev–Trinajstić information content (AvgIpc) is 2.34. The average molecular weight is 287 g/mol. The van der Waals surface area contributed by atoms with E-state index >= 15 is 0 Å². The van der Waals surface area contributed by atoms with E-state index in [1.165, 1.54) is 12.1 Å². The number of anilines is 1. The minimum atomic E-state index is -3.91. The molecule has 0 radical (unpaired) electrons. The van der Waals surface area contributed by atoms with Gasteiger partial charge in [-0.2, -0.15) is 0 Å². The number of rotatable bonds is 6. The number of benzene rings is 1. The van der Waals surface area contributed by atoms with Crippen LogP contribution in [0, 0.1) is 0 Å². The molecule has 0 aromatic heterocycles. The van der Waals surface area contributed by atoms with E-state index in [-0.39, 0.29) is 10.5 Å². The number of nitrogens with two attached hydrogens (primary N) is 1. The fourth-order valence-corrected chi connectivity index (χ4v) is 2.14. The summed E-state index contributed by atoms with van der Waals surface area (Å²) in [4.78, 5) is 12.7. The summed E-state index contributed by atoms with van der Waals surface area (Å²) in [5.74, 6) is -1.20. The van der Waals surface area contributed by atoms with E-state index < -0.39 is 16.0 Å². The van der Waals surface area contributed by atoms with Crippen molar-refractivity contribution in [2.75, 3.05) is 32.1 Å². The summed E-state index contributed by atoms with van der Waals surface area (Å²) in [6, 6.07) is 3.81. The Hall–Kier alpha value is -1.64. The number of carboxylic acid groups (broad SMARTS) is 1. The van der Waals surface area contributed by atoms with E-state index in [9.17, 15) is 13.2 Å². The highest BCUT2D eigenvalue weighted by atomic mass is 32.2. The molecule has 0 atom stereocenters. The van der Waals surface area contributed by atoms with Gasteiger partial charge in [0.1, 0.15) is 0 Å². The zero-order valence-corrected chi connectivity index (χ0v) is 11.6. The third-order valence-electron chi connectivity index (χ3n) is 2.64. The second kappa shape index (κ2) is 6.00. The Kier molecular flexibility index (Phi) is 4.87. The lowest BCUT2D eigenvalue weighted by Crippen LogP contribution is -2.28. The molecule has 0 saturated heterocycles. The van der Waals surface area contributed by atoms with Crippen LogP contribution in [0.3, 0.4) is 0 Å². The summed E-state index contributed by atoms with van der Waals surface area (Å²) >= 11 is 0. The van der Waals surface area contributed by atoms with Gasteiger partial charge in [-0.05, 0) is 25.2 Å². The molecule has 8 heteroatoms. The highest BCUT2D eigenvalue weighted by Crippen LogP contribution is 2.22. The predicted octanol–water partition coefficient (Wildman–Crippen LogP) is -0.312. The Balaban J connectivity index is 3.23. The fraction of sp³-hybridized carbons (Fsp3) is 0.364. The summed E-state index contributed by atoms with van der Waals surface area (Å²) in [5.41, 5.74) is 0.347. The highest BCUT2D eigenvalue weighted by molar-refractivity contribution is 7.89. The second-order valence-electron chi connectivity index (χ2n) is 4.05. The molecule has 1 rings (SSSR count). The molecule has 0 bridgehead atoms. The molecule has 0 saturated carbocycles. The van der Waals surface area contributed by atoms with Crippen molar-refractivity contribution in [3.05, 3.63) is 23.8 Å². The van der Waals surface area contributed by atoms with E-state index in [4.69, 9.17) is 10.2 Å². The predicted molar refractivity (Wildman–Crippen MR) is 72.0 cm³/mol. The molecule has 7 nitrogen and oxygen atoms in total. The number of nitrogens with one attached hydrogen (secondary N) is 1. The Morgan fingerprint density at radius 1 is 1.47 bits per heavy atom. The molecule has 4 N–H and O–H groups in total. The van der Waals surface area contributed by atoms with Gasteiger partial charge in [0.25, 0.3) is 0 Å². The quantitative estimate of drug-likeness (QED) is 0.661. The molecule has 0 unspecified atom stereocenters. The van der Waals surface area contributed by atoms with Crippen LogP contribution < -0.4 is 15.4 Å². The summed E-state index contributed by atoms with van der Waals surface area (Å²) in [6.45, 7) is 1.26. The molecule has 1 aromatic carbocycles. The van der Waals surface area contributed by atoms with Crippen LogP contribution in [0.4, 0.5) is 5.69 Å². The van der Waals surface area contributed by atoms with E-state index in [0.717, 1.165) is 6.07 Å². The van der Waals surface area contributed by atoms with E-state index in [1.54, 1.807) is 19.0 Å². The topological polar surface area (TPSA) is 113 Å². The Morgan fingerprint density at radius 2 is 2.11 bits per heavy atom. The van der Waals surface area contributed by atoms with Crippen LogP contribution in [-0.4, -0.2) is 46.7 Å². The number of sulfonamides is 1. The van der Waals surface area contributed by atoms with Crippen molar-refractivity contribution in [2.45, 2.75) is 4.90 Å². The third kappa shape index (κ3) is 3.91. The second-order valence-corrected chi connectivity index (χ2v) is 5.62. The van der Waals surface area contributed by atoms with Crippen molar-refractivity contribution >= 4 is 21.7 Å². The Bertz CT molecular complexity index is 571. The van der Waals surface area contributed by atoms with Crippen LogP contribution in [0.5, 0.6) is 0 Å². The van der Waals surface area contributed by atoms with Crippen LogP contribution in [-0.2, 0) is 10.0 Å². The molecule has 0 amide bonds. The van der Waals surface area contributed by atoms with Gasteiger partial charge in [-0.1, -0.05) is 0 Å². The van der Waals surface area contributed by atoms with E-state index in [1.807, 2.05) is 0 Å². The van der Waals surface area contributed by atoms with Gasteiger partial charge in [0.2, 0.25) is 10.0 Å². The lowest BCUT2D eigenvalue weighted by Gasteiger charge is -2.21. The molecule has 0 fully saturated rings. The minimum Gasteiger partial charge on any atom is -0.478 e. The number of carbonyl (C=O) groups is 1. The zero-order valence-electron chi connectivity index (χ0n) is 10.8. The first kappa shape index (κ1) is 15.4. The molecule has 106 valence electrons. The molecular weight excluding hydrogens is 270 g/mol. The third-order valence-corrected chi connectivity index (χ3v) is 3.55.